The van der Waals surface area contributed by atoms with Gasteiger partial charge in [-0.3, -0.25) is 0 Å². The van der Waals surface area contributed by atoms with Crippen molar-refractivity contribution in [2.75, 3.05) is 19.0 Å². The van der Waals surface area contributed by atoms with Gasteiger partial charge in [-0.15, -0.1) is 0 Å². The molecule has 2 heteroatoms. The van der Waals surface area contributed by atoms with Gasteiger partial charge in [-0.1, -0.05) is 18.2 Å². The molecule has 1 rings (SSSR count). The van der Waals surface area contributed by atoms with Gasteiger partial charge in [-0.25, -0.2) is 0 Å². The van der Waals surface area contributed by atoms with Gasteiger partial charge in [0.1, 0.15) is 0 Å². The lowest BCUT2D eigenvalue weighted by Crippen LogP contribution is -2.12. The number of benzene rings is 1. The fourth-order valence-electron chi connectivity index (χ4n) is 1.49. The maximum atomic E-state index is 9.07. The van der Waals surface area contributed by atoms with E-state index in [1.807, 2.05) is 31.1 Å². The van der Waals surface area contributed by atoms with Gasteiger partial charge in [0.05, 0.1) is 6.61 Å². The second-order valence-corrected chi connectivity index (χ2v) is 3.14. The van der Waals surface area contributed by atoms with E-state index in [9.17, 15) is 0 Å². The van der Waals surface area contributed by atoms with Crippen molar-refractivity contribution in [2.24, 2.45) is 0 Å². The molecule has 1 aromatic rings. The van der Waals surface area contributed by atoms with Crippen LogP contribution in [0.3, 0.4) is 0 Å². The van der Waals surface area contributed by atoms with Gasteiger partial charge in [0.25, 0.3) is 0 Å². The summed E-state index contributed by atoms with van der Waals surface area (Å²) in [5, 5.41) is 9.07. The molecular formula is C10H15NO. The first-order valence-corrected chi connectivity index (χ1v) is 4.03. The molecule has 0 unspecified atom stereocenters. The minimum atomic E-state index is 0.106. The summed E-state index contributed by atoms with van der Waals surface area (Å²) < 4.78 is 0. The van der Waals surface area contributed by atoms with Crippen molar-refractivity contribution in [3.05, 3.63) is 29.3 Å². The number of aliphatic hydroxyl groups excluding tert-OH is 1. The van der Waals surface area contributed by atoms with E-state index in [1.54, 1.807) is 0 Å². The zero-order chi connectivity index (χ0) is 9.14. The number of hydrogen-bond acceptors (Lipinski definition) is 2. The third-order valence-corrected chi connectivity index (χ3v) is 1.94. The van der Waals surface area contributed by atoms with Gasteiger partial charge in [0.15, 0.2) is 0 Å². The van der Waals surface area contributed by atoms with E-state index >= 15 is 0 Å². The average molecular weight is 165 g/mol. The van der Waals surface area contributed by atoms with Crippen molar-refractivity contribution in [3.8, 4) is 0 Å². The van der Waals surface area contributed by atoms with Crippen LogP contribution < -0.4 is 4.90 Å². The summed E-state index contributed by atoms with van der Waals surface area (Å²) in [5.74, 6) is 0. The molecule has 0 radical (unpaired) electrons. The van der Waals surface area contributed by atoms with Gasteiger partial charge in [0.2, 0.25) is 0 Å². The number of nitrogens with zero attached hydrogens (tertiary/aromatic N) is 1. The molecule has 0 aliphatic carbocycles. The van der Waals surface area contributed by atoms with Crippen molar-refractivity contribution in [1.82, 2.24) is 0 Å². The summed E-state index contributed by atoms with van der Waals surface area (Å²) in [5.41, 5.74) is 3.31. The summed E-state index contributed by atoms with van der Waals surface area (Å²) in [4.78, 5) is 2.03. The molecule has 0 aliphatic heterocycles. The highest BCUT2D eigenvalue weighted by molar-refractivity contribution is 5.58. The third kappa shape index (κ3) is 1.59. The first kappa shape index (κ1) is 9.07. The standard InChI is InChI=1S/C10H15NO/c1-8-5-4-6-9(7-12)10(8)11(2)3/h4-6,12H,7H2,1-3H3. The number of anilines is 1. The van der Waals surface area contributed by atoms with Crippen LogP contribution in [0.25, 0.3) is 0 Å². The van der Waals surface area contributed by atoms with Crippen LogP contribution in [0.15, 0.2) is 18.2 Å². The second-order valence-electron chi connectivity index (χ2n) is 3.14. The van der Waals surface area contributed by atoms with Gasteiger partial charge >= 0.3 is 0 Å². The molecule has 1 aromatic carbocycles. The zero-order valence-electron chi connectivity index (χ0n) is 7.83. The Labute approximate surface area is 73.4 Å². The molecule has 0 heterocycles. The molecule has 0 bridgehead atoms. The van der Waals surface area contributed by atoms with Gasteiger partial charge in [-0.05, 0) is 12.5 Å². The normalized spacial score (nSPS) is 10.0. The Bertz CT molecular complexity index is 269. The third-order valence-electron chi connectivity index (χ3n) is 1.94. The lowest BCUT2D eigenvalue weighted by atomic mass is 10.1. The molecule has 12 heavy (non-hydrogen) atoms. The number of rotatable bonds is 2. The number of aliphatic hydroxyl groups is 1. The molecule has 0 atom stereocenters. The van der Waals surface area contributed by atoms with Crippen LogP contribution in [0.4, 0.5) is 5.69 Å². The fraction of sp³-hybridized carbons (Fsp3) is 0.400. The number of hydrogen-bond donors (Lipinski definition) is 1. The van der Waals surface area contributed by atoms with E-state index in [0.717, 1.165) is 11.3 Å². The van der Waals surface area contributed by atoms with Crippen LogP contribution in [-0.4, -0.2) is 19.2 Å². The topological polar surface area (TPSA) is 23.5 Å². The summed E-state index contributed by atoms with van der Waals surface area (Å²) >= 11 is 0. The SMILES string of the molecule is Cc1cccc(CO)c1N(C)C. The summed E-state index contributed by atoms with van der Waals surface area (Å²) in [6, 6.07) is 5.96. The molecule has 0 aliphatic rings. The summed E-state index contributed by atoms with van der Waals surface area (Å²) in [6.45, 7) is 2.16. The summed E-state index contributed by atoms with van der Waals surface area (Å²) in [7, 11) is 3.98. The molecule has 0 saturated carbocycles. The first-order valence-electron chi connectivity index (χ1n) is 4.03. The van der Waals surface area contributed by atoms with Crippen molar-refractivity contribution in [1.29, 1.82) is 0 Å². The Balaban J connectivity index is 3.20. The minimum absolute atomic E-state index is 0.106. The van der Waals surface area contributed by atoms with E-state index in [0.29, 0.717) is 0 Å². The van der Waals surface area contributed by atoms with E-state index in [-0.39, 0.29) is 6.61 Å². The Kier molecular flexibility index (Phi) is 2.71. The Morgan fingerprint density at radius 1 is 1.33 bits per heavy atom. The quantitative estimate of drug-likeness (QED) is 0.718. The van der Waals surface area contributed by atoms with E-state index < -0.39 is 0 Å². The summed E-state index contributed by atoms with van der Waals surface area (Å²) in [6.07, 6.45) is 0. The number of aryl methyl sites for hydroxylation is 1. The highest BCUT2D eigenvalue weighted by Gasteiger charge is 2.05. The van der Waals surface area contributed by atoms with Crippen LogP contribution in [-0.2, 0) is 6.61 Å². The van der Waals surface area contributed by atoms with Crippen LogP contribution in [0.1, 0.15) is 11.1 Å². The molecule has 0 amide bonds. The predicted molar refractivity (Wildman–Crippen MR) is 51.4 cm³/mol. The number of para-hydroxylation sites is 1. The van der Waals surface area contributed by atoms with Crippen LogP contribution in [0.2, 0.25) is 0 Å². The van der Waals surface area contributed by atoms with Gasteiger partial charge in [-0.2, -0.15) is 0 Å². The van der Waals surface area contributed by atoms with Gasteiger partial charge in [0, 0.05) is 25.3 Å². The Morgan fingerprint density at radius 3 is 2.42 bits per heavy atom. The van der Waals surface area contributed by atoms with E-state index in [1.165, 1.54) is 5.56 Å². The minimum Gasteiger partial charge on any atom is -0.392 e. The van der Waals surface area contributed by atoms with Crippen molar-refractivity contribution in [2.45, 2.75) is 13.5 Å². The van der Waals surface area contributed by atoms with Crippen LogP contribution in [0, 0.1) is 6.92 Å². The lowest BCUT2D eigenvalue weighted by Gasteiger charge is -2.18. The van der Waals surface area contributed by atoms with E-state index in [2.05, 4.69) is 13.0 Å². The largest absolute Gasteiger partial charge is 0.392 e. The molecule has 66 valence electrons. The molecule has 2 nitrogen and oxygen atoms in total. The predicted octanol–water partition coefficient (Wildman–Crippen LogP) is 1.55. The molecule has 0 saturated heterocycles. The molecule has 1 N–H and O–H groups in total. The highest BCUT2D eigenvalue weighted by atomic mass is 16.3. The molecular weight excluding hydrogens is 150 g/mol. The maximum absolute atomic E-state index is 9.07. The van der Waals surface area contributed by atoms with Gasteiger partial charge < -0.3 is 10.0 Å². The highest BCUT2D eigenvalue weighted by Crippen LogP contribution is 2.22. The zero-order valence-corrected chi connectivity index (χ0v) is 7.83. The fourth-order valence-corrected chi connectivity index (χ4v) is 1.49. The van der Waals surface area contributed by atoms with Crippen LogP contribution in [0.5, 0.6) is 0 Å². The van der Waals surface area contributed by atoms with Crippen molar-refractivity contribution in [3.63, 3.8) is 0 Å². The van der Waals surface area contributed by atoms with E-state index in [4.69, 9.17) is 5.11 Å². The Morgan fingerprint density at radius 2 is 2.00 bits per heavy atom. The van der Waals surface area contributed by atoms with Crippen molar-refractivity contribution < 1.29 is 5.11 Å². The first-order chi connectivity index (χ1) is 5.66. The van der Waals surface area contributed by atoms with Crippen molar-refractivity contribution >= 4 is 5.69 Å². The maximum Gasteiger partial charge on any atom is 0.0702 e. The average Bonchev–Trinajstić information content (AvgIpc) is 2.03. The monoisotopic (exact) mass is 165 g/mol. The van der Waals surface area contributed by atoms with Crippen LogP contribution >= 0.6 is 0 Å². The molecule has 0 aromatic heterocycles. The molecule has 0 fully saturated rings. The Hall–Kier alpha value is -1.02. The molecule has 0 spiro atoms. The second kappa shape index (κ2) is 3.59. The smallest absolute Gasteiger partial charge is 0.0702 e. The lowest BCUT2D eigenvalue weighted by molar-refractivity contribution is 0.282.